The SMILES string of the molecule is CN(CCCNC(=O)Cn1ccc2cc(S(=O)(=O)N3CCCCC3)ccc21)Cc1ccccc1. The van der Waals surface area contributed by atoms with E-state index in [0.717, 1.165) is 49.7 Å². The van der Waals surface area contributed by atoms with Crippen LogP contribution >= 0.6 is 0 Å². The molecule has 1 fully saturated rings. The minimum absolute atomic E-state index is 0.0479. The Morgan fingerprint density at radius 1 is 1.03 bits per heavy atom. The van der Waals surface area contributed by atoms with Gasteiger partial charge in [-0.05, 0) is 62.7 Å². The van der Waals surface area contributed by atoms with Gasteiger partial charge in [0.05, 0.1) is 4.90 Å². The second kappa shape index (κ2) is 11.2. The molecule has 2 aromatic carbocycles. The molecular formula is C26H34N4O3S. The molecule has 0 atom stereocenters. The Bertz CT molecular complexity index is 1200. The third-order valence-electron chi connectivity index (χ3n) is 6.34. The maximum absolute atomic E-state index is 13.0. The molecule has 8 heteroatoms. The Balaban J connectivity index is 1.28. The van der Waals surface area contributed by atoms with Crippen molar-refractivity contribution in [3.05, 3.63) is 66.4 Å². The molecule has 0 unspecified atom stereocenters. The summed E-state index contributed by atoms with van der Waals surface area (Å²) in [7, 11) is -1.38. The second-order valence-electron chi connectivity index (χ2n) is 9.06. The fraction of sp³-hybridized carbons (Fsp3) is 0.423. The van der Waals surface area contributed by atoms with E-state index in [1.807, 2.05) is 35.0 Å². The van der Waals surface area contributed by atoms with Crippen molar-refractivity contribution in [2.24, 2.45) is 0 Å². The quantitative estimate of drug-likeness (QED) is 0.449. The maximum atomic E-state index is 13.0. The summed E-state index contributed by atoms with van der Waals surface area (Å²) in [6.07, 6.45) is 5.63. The predicted octanol–water partition coefficient (Wildman–Crippen LogP) is 3.45. The molecule has 0 bridgehead atoms. The topological polar surface area (TPSA) is 74.6 Å². The molecule has 0 aliphatic carbocycles. The minimum atomic E-state index is -3.47. The van der Waals surface area contributed by atoms with Gasteiger partial charge in [0.15, 0.2) is 0 Å². The standard InChI is InChI=1S/C26H34N4O3S/c1-28(20-22-9-4-2-5-10-22)15-8-14-27-26(31)21-29-18-13-23-19-24(11-12-25(23)29)34(32,33)30-16-6-3-7-17-30/h2,4-5,9-13,18-19H,3,6-8,14-17,20-21H2,1H3,(H,27,31). The van der Waals surface area contributed by atoms with Gasteiger partial charge in [-0.1, -0.05) is 36.8 Å². The van der Waals surface area contributed by atoms with E-state index in [1.54, 1.807) is 22.5 Å². The first-order chi connectivity index (χ1) is 16.4. The van der Waals surface area contributed by atoms with Crippen LogP contribution < -0.4 is 5.32 Å². The summed E-state index contributed by atoms with van der Waals surface area (Å²) in [5.74, 6) is -0.0479. The number of carbonyl (C=O) groups is 1. The van der Waals surface area contributed by atoms with Crippen molar-refractivity contribution in [3.8, 4) is 0 Å². The molecule has 4 rings (SSSR count). The van der Waals surface area contributed by atoms with Crippen LogP contribution in [0.3, 0.4) is 0 Å². The van der Waals surface area contributed by atoms with Crippen molar-refractivity contribution in [2.45, 2.75) is 43.7 Å². The molecule has 1 aliphatic rings. The molecule has 0 radical (unpaired) electrons. The number of amides is 1. The first-order valence-corrected chi connectivity index (χ1v) is 13.5. The Kier molecular flexibility index (Phi) is 8.03. The smallest absolute Gasteiger partial charge is 0.243 e. The third-order valence-corrected chi connectivity index (χ3v) is 8.24. The van der Waals surface area contributed by atoms with Gasteiger partial charge in [0, 0.05) is 43.3 Å². The van der Waals surface area contributed by atoms with Crippen LogP contribution in [0.1, 0.15) is 31.2 Å². The van der Waals surface area contributed by atoms with Gasteiger partial charge in [-0.3, -0.25) is 4.79 Å². The van der Waals surface area contributed by atoms with E-state index >= 15 is 0 Å². The lowest BCUT2D eigenvalue weighted by molar-refractivity contribution is -0.121. The van der Waals surface area contributed by atoms with Crippen LogP contribution in [-0.2, 0) is 27.9 Å². The van der Waals surface area contributed by atoms with Gasteiger partial charge in [0.25, 0.3) is 0 Å². The first-order valence-electron chi connectivity index (χ1n) is 12.0. The van der Waals surface area contributed by atoms with Crippen LogP contribution in [0.15, 0.2) is 65.7 Å². The Hall–Kier alpha value is -2.68. The van der Waals surface area contributed by atoms with Gasteiger partial charge >= 0.3 is 0 Å². The minimum Gasteiger partial charge on any atom is -0.355 e. The largest absolute Gasteiger partial charge is 0.355 e. The zero-order valence-electron chi connectivity index (χ0n) is 19.8. The number of nitrogens with one attached hydrogen (secondary N) is 1. The Morgan fingerprint density at radius 3 is 2.56 bits per heavy atom. The number of piperidine rings is 1. The van der Waals surface area contributed by atoms with Crippen LogP contribution in [0, 0.1) is 0 Å². The number of rotatable bonds is 10. The van der Waals surface area contributed by atoms with Gasteiger partial charge in [-0.15, -0.1) is 0 Å². The lowest BCUT2D eigenvalue weighted by Crippen LogP contribution is -2.35. The first kappa shape index (κ1) is 24.4. The lowest BCUT2D eigenvalue weighted by atomic mass is 10.2. The van der Waals surface area contributed by atoms with Crippen molar-refractivity contribution < 1.29 is 13.2 Å². The molecule has 0 saturated carbocycles. The second-order valence-corrected chi connectivity index (χ2v) is 11.0. The Labute approximate surface area is 202 Å². The number of hydrogen-bond donors (Lipinski definition) is 1. The zero-order valence-corrected chi connectivity index (χ0v) is 20.6. The number of aromatic nitrogens is 1. The molecule has 1 amide bonds. The van der Waals surface area contributed by atoms with Crippen LogP contribution in [0.25, 0.3) is 10.9 Å². The fourth-order valence-corrected chi connectivity index (χ4v) is 6.05. The summed E-state index contributed by atoms with van der Waals surface area (Å²) in [5.41, 5.74) is 2.13. The predicted molar refractivity (Wildman–Crippen MR) is 135 cm³/mol. The summed E-state index contributed by atoms with van der Waals surface area (Å²) >= 11 is 0. The highest BCUT2D eigenvalue weighted by Crippen LogP contribution is 2.25. The monoisotopic (exact) mass is 482 g/mol. The molecule has 182 valence electrons. The van der Waals surface area contributed by atoms with Crippen molar-refractivity contribution in [2.75, 3.05) is 33.2 Å². The van der Waals surface area contributed by atoms with Gasteiger partial charge in [-0.2, -0.15) is 4.31 Å². The van der Waals surface area contributed by atoms with Crippen LogP contribution in [0.2, 0.25) is 0 Å². The van der Waals surface area contributed by atoms with Crippen molar-refractivity contribution in [3.63, 3.8) is 0 Å². The highest BCUT2D eigenvalue weighted by molar-refractivity contribution is 7.89. The normalized spacial score (nSPS) is 15.1. The molecule has 7 nitrogen and oxygen atoms in total. The van der Waals surface area contributed by atoms with Gasteiger partial charge in [-0.25, -0.2) is 8.42 Å². The van der Waals surface area contributed by atoms with E-state index in [9.17, 15) is 13.2 Å². The molecule has 1 aromatic heterocycles. The number of fused-ring (bicyclic) bond motifs is 1. The van der Waals surface area contributed by atoms with E-state index in [4.69, 9.17) is 0 Å². The average Bonchev–Trinajstić information content (AvgIpc) is 3.25. The molecule has 1 saturated heterocycles. The van der Waals surface area contributed by atoms with E-state index in [0.29, 0.717) is 24.5 Å². The third kappa shape index (κ3) is 6.05. The van der Waals surface area contributed by atoms with Crippen molar-refractivity contribution in [1.29, 1.82) is 0 Å². The molecule has 3 aromatic rings. The molecular weight excluding hydrogens is 448 g/mol. The van der Waals surface area contributed by atoms with Crippen molar-refractivity contribution >= 4 is 26.8 Å². The molecule has 1 aliphatic heterocycles. The van der Waals surface area contributed by atoms with E-state index in [1.165, 1.54) is 5.56 Å². The van der Waals surface area contributed by atoms with E-state index in [2.05, 4.69) is 29.4 Å². The van der Waals surface area contributed by atoms with Crippen LogP contribution in [-0.4, -0.2) is 61.3 Å². The Morgan fingerprint density at radius 2 is 1.79 bits per heavy atom. The summed E-state index contributed by atoms with van der Waals surface area (Å²) in [5, 5.41) is 3.82. The number of sulfonamides is 1. The van der Waals surface area contributed by atoms with Crippen LogP contribution in [0.5, 0.6) is 0 Å². The zero-order chi connectivity index (χ0) is 24.0. The van der Waals surface area contributed by atoms with E-state index in [-0.39, 0.29) is 12.5 Å². The average molecular weight is 483 g/mol. The number of benzene rings is 2. The summed E-state index contributed by atoms with van der Waals surface area (Å²) in [6.45, 7) is 3.79. The number of nitrogens with zero attached hydrogens (tertiary/aromatic N) is 3. The summed E-state index contributed by atoms with van der Waals surface area (Å²) < 4.78 is 29.4. The summed E-state index contributed by atoms with van der Waals surface area (Å²) in [4.78, 5) is 15.0. The molecule has 2 heterocycles. The van der Waals surface area contributed by atoms with Gasteiger partial charge in [0.2, 0.25) is 15.9 Å². The maximum Gasteiger partial charge on any atom is 0.243 e. The van der Waals surface area contributed by atoms with Gasteiger partial charge < -0.3 is 14.8 Å². The fourth-order valence-electron chi connectivity index (χ4n) is 4.49. The number of carbonyl (C=O) groups excluding carboxylic acids is 1. The van der Waals surface area contributed by atoms with E-state index < -0.39 is 10.0 Å². The highest BCUT2D eigenvalue weighted by atomic mass is 32.2. The molecule has 0 spiro atoms. The van der Waals surface area contributed by atoms with Gasteiger partial charge in [0.1, 0.15) is 6.54 Å². The van der Waals surface area contributed by atoms with Crippen molar-refractivity contribution in [1.82, 2.24) is 19.1 Å². The highest BCUT2D eigenvalue weighted by Gasteiger charge is 2.26. The molecule has 1 N–H and O–H groups in total. The number of hydrogen-bond acceptors (Lipinski definition) is 4. The summed E-state index contributed by atoms with van der Waals surface area (Å²) in [6, 6.07) is 17.4. The molecule has 34 heavy (non-hydrogen) atoms. The lowest BCUT2D eigenvalue weighted by Gasteiger charge is -2.25. The van der Waals surface area contributed by atoms with Crippen LogP contribution in [0.4, 0.5) is 0 Å².